The molecule has 1 aliphatic rings. The van der Waals surface area contributed by atoms with Crippen molar-refractivity contribution >= 4 is 0 Å². The molecule has 2 nitrogen and oxygen atoms in total. The van der Waals surface area contributed by atoms with Crippen molar-refractivity contribution in [2.24, 2.45) is 5.41 Å². The lowest BCUT2D eigenvalue weighted by atomic mass is 9.85. The molecule has 2 rings (SSSR count). The fourth-order valence-electron chi connectivity index (χ4n) is 3.23. The molecule has 118 valence electrons. The van der Waals surface area contributed by atoms with Crippen molar-refractivity contribution in [2.75, 3.05) is 26.2 Å². The Balaban J connectivity index is 1.95. The minimum Gasteiger partial charge on any atom is -0.317 e. The van der Waals surface area contributed by atoms with Gasteiger partial charge in [0, 0.05) is 6.54 Å². The maximum absolute atomic E-state index is 3.43. The molecule has 1 aliphatic heterocycles. The number of benzene rings is 1. The van der Waals surface area contributed by atoms with Crippen molar-refractivity contribution in [1.82, 2.24) is 10.2 Å². The molecule has 0 aromatic heterocycles. The Morgan fingerprint density at radius 1 is 1.10 bits per heavy atom. The summed E-state index contributed by atoms with van der Waals surface area (Å²) in [5, 5.41) is 3.43. The number of hydrogen-bond donors (Lipinski definition) is 1. The van der Waals surface area contributed by atoms with Crippen LogP contribution in [0.15, 0.2) is 24.3 Å². The predicted octanol–water partition coefficient (Wildman–Crippen LogP) is 3.85. The molecule has 1 saturated heterocycles. The zero-order valence-electron chi connectivity index (χ0n) is 14.1. The molecule has 0 atom stereocenters. The summed E-state index contributed by atoms with van der Waals surface area (Å²) in [4.78, 5) is 2.65. The van der Waals surface area contributed by atoms with Gasteiger partial charge in [0.2, 0.25) is 0 Å². The third-order valence-electron chi connectivity index (χ3n) is 4.77. The maximum Gasteiger partial charge on any atom is 0.0236 e. The van der Waals surface area contributed by atoms with Crippen LogP contribution in [-0.2, 0) is 13.0 Å². The summed E-state index contributed by atoms with van der Waals surface area (Å²) in [5.41, 5.74) is 3.57. The second kappa shape index (κ2) is 7.95. The third-order valence-corrected chi connectivity index (χ3v) is 4.77. The summed E-state index contributed by atoms with van der Waals surface area (Å²) in [5.74, 6) is 0. The van der Waals surface area contributed by atoms with Gasteiger partial charge < -0.3 is 5.32 Å². The lowest BCUT2D eigenvalue weighted by Gasteiger charge is -2.24. The van der Waals surface area contributed by atoms with Crippen LogP contribution in [0.25, 0.3) is 0 Å². The molecule has 0 saturated carbocycles. The highest BCUT2D eigenvalue weighted by Crippen LogP contribution is 2.30. The summed E-state index contributed by atoms with van der Waals surface area (Å²) >= 11 is 0. The first-order valence-corrected chi connectivity index (χ1v) is 8.60. The van der Waals surface area contributed by atoms with E-state index in [9.17, 15) is 0 Å². The Kier molecular flexibility index (Phi) is 6.25. The van der Waals surface area contributed by atoms with Crippen LogP contribution in [0, 0.1) is 5.41 Å². The van der Waals surface area contributed by atoms with Crippen molar-refractivity contribution < 1.29 is 0 Å². The van der Waals surface area contributed by atoms with Gasteiger partial charge >= 0.3 is 0 Å². The Bertz CT molecular complexity index is 425. The fraction of sp³-hybridized carbons (Fsp3) is 0.684. The number of rotatable bonds is 6. The molecule has 21 heavy (non-hydrogen) atoms. The van der Waals surface area contributed by atoms with Crippen LogP contribution < -0.4 is 5.32 Å². The first-order chi connectivity index (χ1) is 10.1. The van der Waals surface area contributed by atoms with Crippen molar-refractivity contribution in [1.29, 1.82) is 0 Å². The van der Waals surface area contributed by atoms with E-state index in [-0.39, 0.29) is 0 Å². The summed E-state index contributed by atoms with van der Waals surface area (Å²) in [7, 11) is 0. The van der Waals surface area contributed by atoms with Crippen LogP contribution in [0.5, 0.6) is 0 Å². The highest BCUT2D eigenvalue weighted by molar-refractivity contribution is 5.27. The zero-order chi connectivity index (χ0) is 15.1. The summed E-state index contributed by atoms with van der Waals surface area (Å²) in [6.45, 7) is 12.8. The molecule has 0 spiro atoms. The zero-order valence-corrected chi connectivity index (χ0v) is 14.1. The van der Waals surface area contributed by atoms with Crippen molar-refractivity contribution in [2.45, 2.75) is 53.0 Å². The smallest absolute Gasteiger partial charge is 0.0236 e. The SMILES string of the molecule is CCNCCc1ccccc1CN1CCCC(C)(C)CC1. The van der Waals surface area contributed by atoms with Gasteiger partial charge in [-0.25, -0.2) is 0 Å². The standard InChI is InChI=1S/C19H32N2/c1-4-20-13-10-17-8-5-6-9-18(17)16-21-14-7-11-19(2,3)12-15-21/h5-6,8-9,20H,4,7,10-16H2,1-3H3. The molecule has 0 aliphatic carbocycles. The van der Waals surface area contributed by atoms with Crippen LogP contribution in [0.2, 0.25) is 0 Å². The quantitative estimate of drug-likeness (QED) is 0.800. The van der Waals surface area contributed by atoms with Gasteiger partial charge in [0.1, 0.15) is 0 Å². The van der Waals surface area contributed by atoms with E-state index in [4.69, 9.17) is 0 Å². The topological polar surface area (TPSA) is 15.3 Å². The first-order valence-electron chi connectivity index (χ1n) is 8.60. The minimum atomic E-state index is 0.527. The second-order valence-corrected chi connectivity index (χ2v) is 7.17. The molecule has 0 bridgehead atoms. The number of nitrogens with zero attached hydrogens (tertiary/aromatic N) is 1. The van der Waals surface area contributed by atoms with Gasteiger partial charge in [-0.05, 0) is 68.4 Å². The van der Waals surface area contributed by atoms with Gasteiger partial charge in [0.25, 0.3) is 0 Å². The van der Waals surface area contributed by atoms with E-state index in [1.165, 1.54) is 43.5 Å². The Labute approximate surface area is 130 Å². The molecular formula is C19H32N2. The Morgan fingerprint density at radius 2 is 1.86 bits per heavy atom. The second-order valence-electron chi connectivity index (χ2n) is 7.17. The monoisotopic (exact) mass is 288 g/mol. The van der Waals surface area contributed by atoms with Crippen LogP contribution >= 0.6 is 0 Å². The largest absolute Gasteiger partial charge is 0.317 e. The minimum absolute atomic E-state index is 0.527. The lowest BCUT2D eigenvalue weighted by Crippen LogP contribution is -2.26. The van der Waals surface area contributed by atoms with Gasteiger partial charge in [-0.1, -0.05) is 45.0 Å². The lowest BCUT2D eigenvalue weighted by molar-refractivity contribution is 0.255. The average molecular weight is 288 g/mol. The molecule has 2 heteroatoms. The highest BCUT2D eigenvalue weighted by Gasteiger charge is 2.23. The van der Waals surface area contributed by atoms with Crippen molar-refractivity contribution in [3.05, 3.63) is 35.4 Å². The molecule has 0 amide bonds. The number of likely N-dealkylation sites (N-methyl/N-ethyl adjacent to an activating group) is 1. The Morgan fingerprint density at radius 3 is 2.62 bits per heavy atom. The van der Waals surface area contributed by atoms with Crippen LogP contribution in [0.4, 0.5) is 0 Å². The van der Waals surface area contributed by atoms with Gasteiger partial charge in [0.15, 0.2) is 0 Å². The van der Waals surface area contributed by atoms with Gasteiger partial charge in [-0.2, -0.15) is 0 Å². The molecule has 1 aromatic rings. The summed E-state index contributed by atoms with van der Waals surface area (Å²) < 4.78 is 0. The van der Waals surface area contributed by atoms with E-state index < -0.39 is 0 Å². The third kappa shape index (κ3) is 5.44. The fourth-order valence-corrected chi connectivity index (χ4v) is 3.23. The predicted molar refractivity (Wildman–Crippen MR) is 91.6 cm³/mol. The molecule has 0 unspecified atom stereocenters. The van der Waals surface area contributed by atoms with Crippen molar-refractivity contribution in [3.8, 4) is 0 Å². The molecule has 1 N–H and O–H groups in total. The number of nitrogens with one attached hydrogen (secondary N) is 1. The van der Waals surface area contributed by atoms with Crippen LogP contribution in [0.3, 0.4) is 0 Å². The van der Waals surface area contributed by atoms with E-state index in [0.29, 0.717) is 5.41 Å². The average Bonchev–Trinajstić information content (AvgIpc) is 2.62. The van der Waals surface area contributed by atoms with Crippen LogP contribution in [0.1, 0.15) is 51.2 Å². The van der Waals surface area contributed by atoms with Gasteiger partial charge in [-0.15, -0.1) is 0 Å². The molecule has 1 fully saturated rings. The molecule has 0 radical (unpaired) electrons. The van der Waals surface area contributed by atoms with Crippen LogP contribution in [-0.4, -0.2) is 31.1 Å². The normalized spacial score (nSPS) is 19.4. The maximum atomic E-state index is 3.43. The van der Waals surface area contributed by atoms with Gasteiger partial charge in [-0.3, -0.25) is 4.90 Å². The van der Waals surface area contributed by atoms with E-state index in [0.717, 1.165) is 26.1 Å². The molecule has 1 aromatic carbocycles. The molecular weight excluding hydrogens is 256 g/mol. The highest BCUT2D eigenvalue weighted by atomic mass is 15.1. The first kappa shape index (κ1) is 16.5. The van der Waals surface area contributed by atoms with Gasteiger partial charge in [0.05, 0.1) is 0 Å². The van der Waals surface area contributed by atoms with Crippen molar-refractivity contribution in [3.63, 3.8) is 0 Å². The van der Waals surface area contributed by atoms with E-state index in [1.807, 2.05) is 0 Å². The summed E-state index contributed by atoms with van der Waals surface area (Å²) in [6, 6.07) is 8.98. The molecule has 1 heterocycles. The number of likely N-dealkylation sites (tertiary alicyclic amines) is 1. The van der Waals surface area contributed by atoms with E-state index in [1.54, 1.807) is 0 Å². The van der Waals surface area contributed by atoms with E-state index >= 15 is 0 Å². The summed E-state index contributed by atoms with van der Waals surface area (Å²) in [6.07, 6.45) is 5.17. The Hall–Kier alpha value is -0.860. The number of hydrogen-bond acceptors (Lipinski definition) is 2. The van der Waals surface area contributed by atoms with E-state index in [2.05, 4.69) is 55.3 Å².